The molecule has 3 aromatic rings. The first-order valence-corrected chi connectivity index (χ1v) is 20.7. The number of anilines is 2. The van der Waals surface area contributed by atoms with Gasteiger partial charge in [-0.15, -0.1) is 0 Å². The van der Waals surface area contributed by atoms with Crippen molar-refractivity contribution in [1.82, 2.24) is 4.90 Å². The summed E-state index contributed by atoms with van der Waals surface area (Å²) in [4.78, 5) is 56.0. The van der Waals surface area contributed by atoms with Crippen LogP contribution >= 0.6 is 0 Å². The van der Waals surface area contributed by atoms with Crippen LogP contribution in [0.4, 0.5) is 17.1 Å². The highest BCUT2D eigenvalue weighted by Crippen LogP contribution is 2.60. The van der Waals surface area contributed by atoms with E-state index in [1.807, 2.05) is 31.2 Å². The van der Waals surface area contributed by atoms with E-state index in [-0.39, 0.29) is 48.7 Å². The summed E-state index contributed by atoms with van der Waals surface area (Å²) in [5, 5.41) is 35.4. The van der Waals surface area contributed by atoms with Crippen molar-refractivity contribution in [3.8, 4) is 5.75 Å². The summed E-state index contributed by atoms with van der Waals surface area (Å²) in [5.74, 6) is -0.849. The van der Waals surface area contributed by atoms with Gasteiger partial charge in [0.2, 0.25) is 5.91 Å². The van der Waals surface area contributed by atoms with Gasteiger partial charge in [0, 0.05) is 35.8 Å². The molecule has 2 fully saturated rings. The van der Waals surface area contributed by atoms with Crippen LogP contribution in [-0.4, -0.2) is 84.3 Å². The number of ether oxygens (including phenoxy) is 2. The molecule has 0 saturated carbocycles. The number of nitro benzene ring substituents is 1. The number of hydrogen-bond donors (Lipinski definition) is 3. The van der Waals surface area contributed by atoms with Crippen LogP contribution in [0.1, 0.15) is 44.2 Å². The maximum absolute atomic E-state index is 15.1. The van der Waals surface area contributed by atoms with Crippen molar-refractivity contribution < 1.29 is 39.0 Å². The van der Waals surface area contributed by atoms with E-state index in [2.05, 4.69) is 18.4 Å². The van der Waals surface area contributed by atoms with Crippen LogP contribution in [0.25, 0.3) is 0 Å². The molecule has 2 saturated heterocycles. The number of methoxy groups -OCH3 is 1. The number of fused-ring (bicyclic) bond motifs is 2. The van der Waals surface area contributed by atoms with Gasteiger partial charge in [0.15, 0.2) is 5.60 Å². The van der Waals surface area contributed by atoms with Gasteiger partial charge in [0.1, 0.15) is 11.9 Å². The Kier molecular flexibility index (Phi) is 10.3. The highest BCUT2D eigenvalue weighted by molar-refractivity contribution is 6.91. The molecule has 13 nitrogen and oxygen atoms in total. The Bertz CT molecular complexity index is 1850. The van der Waals surface area contributed by atoms with Crippen molar-refractivity contribution in [3.63, 3.8) is 0 Å². The smallest absolute Gasteiger partial charge is 0.269 e. The average molecular weight is 731 g/mol. The first-order chi connectivity index (χ1) is 24.7. The van der Waals surface area contributed by atoms with E-state index in [9.17, 15) is 29.9 Å². The van der Waals surface area contributed by atoms with E-state index in [0.717, 1.165) is 17.2 Å². The number of non-ortho nitro benzene ring substituents is 1. The number of likely N-dealkylation sites (tertiary alicyclic amines) is 1. The normalized spacial score (nSPS) is 24.6. The van der Waals surface area contributed by atoms with Gasteiger partial charge < -0.3 is 34.8 Å². The van der Waals surface area contributed by atoms with Crippen LogP contribution in [0.3, 0.4) is 0 Å². The molecule has 0 aromatic heterocycles. The van der Waals surface area contributed by atoms with Crippen LogP contribution in [-0.2, 0) is 31.3 Å². The molecule has 3 aromatic carbocycles. The minimum Gasteiger partial charge on any atom is -0.497 e. The molecule has 0 bridgehead atoms. The molecule has 3 N–H and O–H groups in total. The lowest BCUT2D eigenvalue weighted by molar-refractivity contribution is -0.385. The summed E-state index contributed by atoms with van der Waals surface area (Å²) in [5.41, 5.74) is 0.0405. The summed E-state index contributed by atoms with van der Waals surface area (Å²) in [7, 11) is -0.998. The molecule has 3 aliphatic rings. The van der Waals surface area contributed by atoms with Gasteiger partial charge in [0.05, 0.1) is 57.5 Å². The van der Waals surface area contributed by atoms with Crippen molar-refractivity contribution in [2.24, 2.45) is 5.92 Å². The number of benzene rings is 3. The van der Waals surface area contributed by atoms with Crippen LogP contribution < -0.4 is 20.1 Å². The number of amides is 3. The van der Waals surface area contributed by atoms with Gasteiger partial charge in [-0.1, -0.05) is 49.5 Å². The van der Waals surface area contributed by atoms with E-state index in [0.29, 0.717) is 35.7 Å². The molecule has 3 heterocycles. The zero-order valence-electron chi connectivity index (χ0n) is 30.1. The van der Waals surface area contributed by atoms with Crippen molar-refractivity contribution in [3.05, 3.63) is 88.0 Å². The summed E-state index contributed by atoms with van der Waals surface area (Å²) >= 11 is 0. The van der Waals surface area contributed by atoms with Crippen molar-refractivity contribution in [2.75, 3.05) is 30.5 Å². The maximum Gasteiger partial charge on any atom is 0.269 e. The van der Waals surface area contributed by atoms with Crippen molar-refractivity contribution >= 4 is 48.0 Å². The van der Waals surface area contributed by atoms with Crippen LogP contribution in [0, 0.1) is 16.0 Å². The molecule has 0 unspecified atom stereocenters. The summed E-state index contributed by atoms with van der Waals surface area (Å²) < 4.78 is 12.4. The molecule has 276 valence electrons. The van der Waals surface area contributed by atoms with Gasteiger partial charge in [-0.3, -0.25) is 24.5 Å². The third-order valence-electron chi connectivity index (χ3n) is 11.3. The minimum atomic E-state index is -2.60. The highest BCUT2D eigenvalue weighted by Gasteiger charge is 2.67. The quantitative estimate of drug-likeness (QED) is 0.150. The monoisotopic (exact) mass is 730 g/mol. The first-order valence-electron chi connectivity index (χ1n) is 17.6. The predicted octanol–water partition coefficient (Wildman–Crippen LogP) is 4.06. The highest BCUT2D eigenvalue weighted by atomic mass is 28.3. The van der Waals surface area contributed by atoms with Gasteiger partial charge in [-0.2, -0.15) is 0 Å². The van der Waals surface area contributed by atoms with E-state index in [4.69, 9.17) is 9.47 Å². The Hall–Kier alpha value is -4.63. The third kappa shape index (κ3) is 6.48. The Balaban J connectivity index is 1.42. The van der Waals surface area contributed by atoms with Crippen molar-refractivity contribution in [1.29, 1.82) is 0 Å². The Labute approximate surface area is 303 Å². The predicted molar refractivity (Wildman–Crippen MR) is 197 cm³/mol. The molecule has 14 heteroatoms. The molecule has 6 atom stereocenters. The second-order valence-corrected chi connectivity index (χ2v) is 19.3. The zero-order valence-corrected chi connectivity index (χ0v) is 31.1. The second-order valence-electron chi connectivity index (χ2n) is 14.6. The van der Waals surface area contributed by atoms with E-state index < -0.39 is 42.6 Å². The fourth-order valence-corrected chi connectivity index (χ4v) is 12.5. The number of nitro groups is 1. The molecule has 52 heavy (non-hydrogen) atoms. The molecule has 0 aliphatic carbocycles. The topological polar surface area (TPSA) is 172 Å². The second kappa shape index (κ2) is 14.4. The third-order valence-corrected chi connectivity index (χ3v) is 15.6. The number of aliphatic hydroxyl groups is 2. The number of nitrogens with zero attached hydrogens (tertiary/aromatic N) is 3. The van der Waals surface area contributed by atoms with Gasteiger partial charge in [0.25, 0.3) is 17.5 Å². The first kappa shape index (κ1) is 37.1. The molecule has 1 spiro atoms. The lowest BCUT2D eigenvalue weighted by Crippen LogP contribution is -2.52. The average Bonchev–Trinajstić information content (AvgIpc) is 3.79. The number of nitrogens with one attached hydrogen (secondary N) is 1. The molecule has 3 aliphatic heterocycles. The van der Waals surface area contributed by atoms with E-state index >= 15 is 4.79 Å². The van der Waals surface area contributed by atoms with Crippen molar-refractivity contribution in [2.45, 2.75) is 82.1 Å². The largest absolute Gasteiger partial charge is 0.497 e. The number of hydrogen-bond acceptors (Lipinski definition) is 9. The number of carbonyl (C=O) groups excluding carboxylic acids is 3. The fourth-order valence-electron chi connectivity index (χ4n) is 8.54. The van der Waals surface area contributed by atoms with Crippen LogP contribution in [0.2, 0.25) is 18.6 Å². The number of rotatable bonds is 11. The zero-order chi connectivity index (χ0) is 37.5. The van der Waals surface area contributed by atoms with Crippen LogP contribution in [0.15, 0.2) is 66.7 Å². The standard InChI is InChI=1S/C38H46N4O9Si/c1-23-35(52(4,5)30-15-13-29(50-3)14-16-30)33(20-34(45)40-18-6-7-28(40)22-43)51-38(23)31-19-27(42(48)49)12-17-32(31)41(37(38)47)21-25-8-10-26(11-9-25)39-36(46)24(2)44/h8-17,19,23-24,28,33,35,43-44H,6-7,18,20-22H2,1-5H3,(H,39,46)/t23-,24-,28-,33+,35-,38+/m0/s1. The molecule has 0 radical (unpaired) electrons. The Morgan fingerprint density at radius 1 is 1.13 bits per heavy atom. The summed E-state index contributed by atoms with van der Waals surface area (Å²) in [6.45, 7) is 8.25. The number of aliphatic hydroxyl groups excluding tert-OH is 2. The van der Waals surface area contributed by atoms with Gasteiger partial charge in [-0.05, 0) is 61.2 Å². The lowest BCUT2D eigenvalue weighted by atomic mass is 9.82. The minimum absolute atomic E-state index is 0.00296. The fraction of sp³-hybridized carbons (Fsp3) is 0.447. The SMILES string of the molecule is COc1ccc([Si](C)(C)[C@@H]2[C@@H](CC(=O)N3CCC[C@H]3CO)O[C@]3(C(=O)N(Cc4ccc(NC(=O)[C@H](C)O)cc4)c4ccc([N+](=O)[O-])cc43)[C@H]2C)cc1. The summed E-state index contributed by atoms with van der Waals surface area (Å²) in [6.07, 6.45) is -0.381. The molecule has 3 amide bonds. The Morgan fingerprint density at radius 2 is 1.83 bits per heavy atom. The van der Waals surface area contributed by atoms with E-state index in [1.165, 1.54) is 19.1 Å². The molecular weight excluding hydrogens is 685 g/mol. The maximum atomic E-state index is 15.1. The molecular formula is C38H46N4O9Si. The number of carbonyl (C=O) groups is 3. The van der Waals surface area contributed by atoms with Gasteiger partial charge in [-0.25, -0.2) is 0 Å². The lowest BCUT2D eigenvalue weighted by Gasteiger charge is -2.37. The van der Waals surface area contributed by atoms with Crippen LogP contribution in [0.5, 0.6) is 5.75 Å². The molecule has 6 rings (SSSR count). The van der Waals surface area contributed by atoms with E-state index in [1.54, 1.807) is 47.2 Å². The Morgan fingerprint density at radius 3 is 2.44 bits per heavy atom. The summed E-state index contributed by atoms with van der Waals surface area (Å²) in [6, 6.07) is 18.9. The van der Waals surface area contributed by atoms with Gasteiger partial charge >= 0.3 is 0 Å².